The van der Waals surface area contributed by atoms with Crippen molar-refractivity contribution in [2.45, 2.75) is 43.9 Å². The average molecular weight is 398 g/mol. The van der Waals surface area contributed by atoms with Crippen LogP contribution in [0.2, 0.25) is 0 Å². The smallest absolute Gasteiger partial charge is 0.257 e. The Labute approximate surface area is 167 Å². The van der Waals surface area contributed by atoms with Crippen LogP contribution in [0.15, 0.2) is 36.7 Å². The van der Waals surface area contributed by atoms with Crippen LogP contribution in [0.3, 0.4) is 0 Å². The van der Waals surface area contributed by atoms with Crippen molar-refractivity contribution in [1.82, 2.24) is 15.0 Å². The van der Waals surface area contributed by atoms with Crippen molar-refractivity contribution in [3.63, 3.8) is 0 Å². The fraction of sp³-hybridized carbons (Fsp3) is 0.450. The number of thiazole rings is 1. The Balaban J connectivity index is 1.18. The van der Waals surface area contributed by atoms with E-state index >= 15 is 0 Å². The summed E-state index contributed by atoms with van der Waals surface area (Å²) < 4.78 is 7.36. The van der Waals surface area contributed by atoms with Crippen LogP contribution in [0.1, 0.15) is 25.7 Å². The number of aromatic nitrogens is 3. The second-order valence-electron chi connectivity index (χ2n) is 7.44. The number of piperidine rings is 1. The highest BCUT2D eigenvalue weighted by Crippen LogP contribution is 2.34. The summed E-state index contributed by atoms with van der Waals surface area (Å²) in [6.45, 7) is 1.56. The van der Waals surface area contributed by atoms with Gasteiger partial charge in [-0.25, -0.2) is 15.0 Å². The molecule has 2 aliphatic rings. The maximum atomic E-state index is 9.73. The topological polar surface area (TPSA) is 83.4 Å². The predicted octanol–water partition coefficient (Wildman–Crippen LogP) is 3.07. The van der Waals surface area contributed by atoms with E-state index in [1.54, 1.807) is 23.7 Å². The maximum absolute atomic E-state index is 9.73. The molecule has 7 nitrogen and oxygen atoms in total. The number of hydrogen-bond acceptors (Lipinski definition) is 8. The number of anilines is 2. The number of hydrogen-bond donors (Lipinski definition) is 2. The second-order valence-corrected chi connectivity index (χ2v) is 8.47. The van der Waals surface area contributed by atoms with Gasteiger partial charge >= 0.3 is 0 Å². The molecule has 1 aliphatic carbocycles. The molecule has 1 aromatic carbocycles. The largest absolute Gasteiger partial charge is 0.472 e. The van der Waals surface area contributed by atoms with Crippen LogP contribution >= 0.6 is 11.3 Å². The molecule has 0 unspecified atom stereocenters. The van der Waals surface area contributed by atoms with Gasteiger partial charge in [-0.05, 0) is 25.0 Å². The lowest BCUT2D eigenvalue weighted by Crippen LogP contribution is -2.43. The Morgan fingerprint density at radius 3 is 2.71 bits per heavy atom. The highest BCUT2D eigenvalue weighted by molar-refractivity contribution is 7.22. The number of fused-ring (bicyclic) bond motifs is 1. The lowest BCUT2D eigenvalue weighted by atomic mass is 9.89. The molecular weight excluding hydrogens is 374 g/mol. The Hall–Kier alpha value is -2.45. The van der Waals surface area contributed by atoms with Crippen LogP contribution in [0.25, 0.3) is 10.2 Å². The van der Waals surface area contributed by atoms with Crippen molar-refractivity contribution in [3.05, 3.63) is 36.7 Å². The van der Waals surface area contributed by atoms with Gasteiger partial charge in [-0.3, -0.25) is 0 Å². The fourth-order valence-electron chi connectivity index (χ4n) is 3.74. The molecule has 0 bridgehead atoms. The molecule has 8 heteroatoms. The molecule has 0 spiro atoms. The zero-order chi connectivity index (χ0) is 18.9. The molecular formula is C20H23N5O2S. The third-order valence-electron chi connectivity index (χ3n) is 5.41. The van der Waals surface area contributed by atoms with Crippen molar-refractivity contribution >= 4 is 32.5 Å². The first-order valence-corrected chi connectivity index (χ1v) is 10.6. The van der Waals surface area contributed by atoms with E-state index in [1.165, 1.54) is 4.70 Å². The van der Waals surface area contributed by atoms with Crippen LogP contribution in [0.5, 0.6) is 5.88 Å². The molecule has 2 aromatic heterocycles. The number of nitrogens with one attached hydrogen (secondary N) is 1. The summed E-state index contributed by atoms with van der Waals surface area (Å²) in [4.78, 5) is 15.7. The van der Waals surface area contributed by atoms with E-state index in [1.807, 2.05) is 18.2 Å². The molecule has 0 atom stereocenters. The first kappa shape index (κ1) is 17.6. The molecule has 2 fully saturated rings. The lowest BCUT2D eigenvalue weighted by molar-refractivity contribution is 0.102. The monoisotopic (exact) mass is 397 g/mol. The van der Waals surface area contributed by atoms with Crippen molar-refractivity contribution in [1.29, 1.82) is 0 Å². The van der Waals surface area contributed by atoms with E-state index in [4.69, 9.17) is 4.74 Å². The minimum absolute atomic E-state index is 0.137. The van der Waals surface area contributed by atoms with Gasteiger partial charge in [0, 0.05) is 44.4 Å². The van der Waals surface area contributed by atoms with Crippen LogP contribution in [0.4, 0.5) is 10.9 Å². The number of benzene rings is 1. The molecule has 3 aromatic rings. The van der Waals surface area contributed by atoms with E-state index in [-0.39, 0.29) is 12.2 Å². The number of aliphatic hydroxyl groups excluding tert-OH is 1. The Bertz CT molecular complexity index is 917. The standard InChI is InChI=1S/C20H23N5O2S/c26-14-5-9-25(10-6-14)18-19(22-8-7-21-18)27-15-11-13(12-15)23-20-24-16-3-1-2-4-17(16)28-20/h1-4,7-8,13-15,26H,5-6,9-12H2,(H,23,24)/t13-,15-. The van der Waals surface area contributed by atoms with Gasteiger partial charge in [0.15, 0.2) is 10.9 Å². The van der Waals surface area contributed by atoms with E-state index in [9.17, 15) is 5.11 Å². The molecule has 5 rings (SSSR count). The number of para-hydroxylation sites is 1. The summed E-state index contributed by atoms with van der Waals surface area (Å²) in [5, 5.41) is 14.2. The lowest BCUT2D eigenvalue weighted by Gasteiger charge is -2.36. The summed E-state index contributed by atoms with van der Waals surface area (Å²) >= 11 is 1.69. The minimum atomic E-state index is -0.210. The number of aliphatic hydroxyl groups is 1. The Kier molecular flexibility index (Phi) is 4.74. The van der Waals surface area contributed by atoms with Gasteiger partial charge in [-0.1, -0.05) is 23.5 Å². The summed E-state index contributed by atoms with van der Waals surface area (Å²) in [7, 11) is 0. The van der Waals surface area contributed by atoms with Gasteiger partial charge in [0.1, 0.15) is 6.10 Å². The first-order valence-electron chi connectivity index (χ1n) is 9.77. The van der Waals surface area contributed by atoms with Gasteiger partial charge in [-0.2, -0.15) is 0 Å². The SMILES string of the molecule is OC1CCN(c2nccnc2O[C@H]2C[C@H](Nc3nc4ccccc4s3)C2)CC1. The third-order valence-corrected chi connectivity index (χ3v) is 6.37. The van der Waals surface area contributed by atoms with Gasteiger partial charge in [-0.15, -0.1) is 0 Å². The molecule has 1 saturated carbocycles. The maximum Gasteiger partial charge on any atom is 0.257 e. The predicted molar refractivity (Wildman–Crippen MR) is 110 cm³/mol. The summed E-state index contributed by atoms with van der Waals surface area (Å²) in [5.41, 5.74) is 1.04. The molecule has 146 valence electrons. The summed E-state index contributed by atoms with van der Waals surface area (Å²) in [6, 6.07) is 8.56. The fourth-order valence-corrected chi connectivity index (χ4v) is 4.68. The molecule has 1 aliphatic heterocycles. The van der Waals surface area contributed by atoms with Crippen LogP contribution in [0, 0.1) is 0 Å². The van der Waals surface area contributed by atoms with Gasteiger partial charge in [0.25, 0.3) is 5.88 Å². The molecule has 2 N–H and O–H groups in total. The molecule has 28 heavy (non-hydrogen) atoms. The van der Waals surface area contributed by atoms with Crippen LogP contribution < -0.4 is 15.0 Å². The Morgan fingerprint density at radius 1 is 1.11 bits per heavy atom. The highest BCUT2D eigenvalue weighted by Gasteiger charge is 2.33. The van der Waals surface area contributed by atoms with Gasteiger partial charge in [0.2, 0.25) is 0 Å². The van der Waals surface area contributed by atoms with Gasteiger partial charge in [0.05, 0.1) is 16.3 Å². The van der Waals surface area contributed by atoms with Crippen molar-refractivity contribution < 1.29 is 9.84 Å². The highest BCUT2D eigenvalue weighted by atomic mass is 32.1. The van der Waals surface area contributed by atoms with Crippen molar-refractivity contribution in [2.75, 3.05) is 23.3 Å². The summed E-state index contributed by atoms with van der Waals surface area (Å²) in [5.74, 6) is 1.39. The van der Waals surface area contributed by atoms with Crippen LogP contribution in [-0.2, 0) is 0 Å². The summed E-state index contributed by atoms with van der Waals surface area (Å²) in [6.07, 6.45) is 6.66. The molecule has 0 radical (unpaired) electrons. The second kappa shape index (κ2) is 7.52. The molecule has 0 amide bonds. The van der Waals surface area contributed by atoms with Crippen LogP contribution in [-0.4, -0.2) is 51.4 Å². The van der Waals surface area contributed by atoms with Gasteiger partial charge < -0.3 is 20.1 Å². The van der Waals surface area contributed by atoms with Crippen molar-refractivity contribution in [3.8, 4) is 5.88 Å². The first-order chi connectivity index (χ1) is 13.7. The van der Waals surface area contributed by atoms with Crippen molar-refractivity contribution in [2.24, 2.45) is 0 Å². The quantitative estimate of drug-likeness (QED) is 0.684. The third kappa shape index (κ3) is 3.62. The number of ether oxygens (including phenoxy) is 1. The molecule has 1 saturated heterocycles. The van der Waals surface area contributed by atoms with E-state index in [0.717, 1.165) is 55.2 Å². The molecule has 3 heterocycles. The zero-order valence-corrected chi connectivity index (χ0v) is 16.3. The number of nitrogens with zero attached hydrogens (tertiary/aromatic N) is 4. The average Bonchev–Trinajstić information content (AvgIpc) is 3.10. The zero-order valence-electron chi connectivity index (χ0n) is 15.5. The van der Waals surface area contributed by atoms with E-state index in [0.29, 0.717) is 11.9 Å². The van der Waals surface area contributed by atoms with E-state index < -0.39 is 0 Å². The normalized spacial score (nSPS) is 22.8. The Morgan fingerprint density at radius 2 is 1.89 bits per heavy atom. The number of rotatable bonds is 5. The van der Waals surface area contributed by atoms with E-state index in [2.05, 4.69) is 31.2 Å². The minimum Gasteiger partial charge on any atom is -0.472 e.